The summed E-state index contributed by atoms with van der Waals surface area (Å²) in [6.07, 6.45) is -0.548. The lowest BCUT2D eigenvalue weighted by Gasteiger charge is -2.17. The number of benzene rings is 1. The maximum absolute atomic E-state index is 11.5. The van der Waals surface area contributed by atoms with Gasteiger partial charge in [0.1, 0.15) is 6.54 Å². The van der Waals surface area contributed by atoms with E-state index in [9.17, 15) is 4.79 Å². The molecule has 5 heteroatoms. The quantitative estimate of drug-likeness (QED) is 0.746. The number of ether oxygens (including phenoxy) is 2. The highest BCUT2D eigenvalue weighted by molar-refractivity contribution is 5.80. The second kappa shape index (κ2) is 7.63. The molecule has 0 radical (unpaired) electrons. The fourth-order valence-corrected chi connectivity index (χ4v) is 1.73. The van der Waals surface area contributed by atoms with E-state index in [2.05, 4.69) is 10.6 Å². The number of hydrogen-bond acceptors (Lipinski definition) is 3. The monoisotopic (exact) mass is 267 g/mol. The van der Waals surface area contributed by atoms with E-state index in [0.717, 1.165) is 12.1 Å². The summed E-state index contributed by atoms with van der Waals surface area (Å²) < 4.78 is 11.2. The van der Waals surface area contributed by atoms with Crippen molar-refractivity contribution in [2.75, 3.05) is 20.7 Å². The van der Waals surface area contributed by atoms with Crippen LogP contribution in [0.25, 0.3) is 0 Å². The Labute approximate surface area is 114 Å². The van der Waals surface area contributed by atoms with Gasteiger partial charge in [0, 0.05) is 12.6 Å². The van der Waals surface area contributed by atoms with Gasteiger partial charge in [0.05, 0.1) is 13.7 Å². The van der Waals surface area contributed by atoms with Crippen molar-refractivity contribution in [2.24, 2.45) is 0 Å². The minimum atomic E-state index is -0.548. The van der Waals surface area contributed by atoms with E-state index < -0.39 is 6.10 Å². The Kier molecular flexibility index (Phi) is 6.15. The maximum Gasteiger partial charge on any atom is 0.260 e. The first kappa shape index (κ1) is 15.3. The summed E-state index contributed by atoms with van der Waals surface area (Å²) in [5, 5.41) is 4.64. The molecule has 0 aliphatic heterocycles. The average molecular weight is 267 g/mol. The molecule has 5 nitrogen and oxygen atoms in total. The molecule has 0 aliphatic rings. The number of likely N-dealkylation sites (N-methyl/N-ethyl adjacent to an activating group) is 1. The predicted octanol–water partition coefficient (Wildman–Crippen LogP) is 0.292. The second-order valence-corrected chi connectivity index (χ2v) is 4.20. The summed E-state index contributed by atoms with van der Waals surface area (Å²) in [6.45, 7) is 5.07. The van der Waals surface area contributed by atoms with Crippen molar-refractivity contribution >= 4 is 5.91 Å². The summed E-state index contributed by atoms with van der Waals surface area (Å²) >= 11 is 0. The van der Waals surface area contributed by atoms with Gasteiger partial charge in [-0.1, -0.05) is 0 Å². The van der Waals surface area contributed by atoms with E-state index in [1.807, 2.05) is 32.2 Å². The third-order valence-electron chi connectivity index (χ3n) is 2.67. The molecule has 0 saturated carbocycles. The highest BCUT2D eigenvalue weighted by Gasteiger charge is 2.16. The lowest BCUT2D eigenvalue weighted by Crippen LogP contribution is -2.77. The van der Waals surface area contributed by atoms with Crippen LogP contribution in [0.15, 0.2) is 18.2 Å². The van der Waals surface area contributed by atoms with Gasteiger partial charge in [0.2, 0.25) is 0 Å². The van der Waals surface area contributed by atoms with Gasteiger partial charge >= 0.3 is 0 Å². The minimum absolute atomic E-state index is 0.159. The van der Waals surface area contributed by atoms with Gasteiger partial charge in [-0.25, -0.2) is 0 Å². The fourth-order valence-electron chi connectivity index (χ4n) is 1.73. The van der Waals surface area contributed by atoms with Crippen LogP contribution >= 0.6 is 0 Å². The zero-order valence-electron chi connectivity index (χ0n) is 12.0. The van der Waals surface area contributed by atoms with Crippen LogP contribution in [0.5, 0.6) is 11.5 Å². The summed E-state index contributed by atoms with van der Waals surface area (Å²) in [6, 6.07) is 5.78. The number of nitrogens with two attached hydrogens (primary N) is 1. The molecular weight excluding hydrogens is 244 g/mol. The molecule has 0 fully saturated rings. The number of carbonyl (C=O) groups is 1. The molecule has 0 bridgehead atoms. The molecule has 0 unspecified atom stereocenters. The Hall–Kier alpha value is -1.75. The molecule has 19 heavy (non-hydrogen) atoms. The number of hydrogen-bond donors (Lipinski definition) is 2. The largest absolute Gasteiger partial charge is 0.490 e. The van der Waals surface area contributed by atoms with Crippen LogP contribution in [0, 0.1) is 0 Å². The Morgan fingerprint density at radius 1 is 1.42 bits per heavy atom. The van der Waals surface area contributed by atoms with Gasteiger partial charge in [-0.15, -0.1) is 0 Å². The van der Waals surface area contributed by atoms with E-state index in [1.165, 1.54) is 0 Å². The van der Waals surface area contributed by atoms with Crippen LogP contribution in [0.3, 0.4) is 0 Å². The van der Waals surface area contributed by atoms with E-state index in [1.54, 1.807) is 14.0 Å². The first-order valence-corrected chi connectivity index (χ1v) is 6.54. The Balaban J connectivity index is 2.89. The van der Waals surface area contributed by atoms with Gasteiger partial charge in [0.25, 0.3) is 5.91 Å². The van der Waals surface area contributed by atoms with Gasteiger partial charge < -0.3 is 20.1 Å². The molecule has 1 amide bonds. The molecule has 0 saturated heterocycles. The lowest BCUT2D eigenvalue weighted by molar-refractivity contribution is -0.643. The standard InChI is InChI=1S/C14H22N2O3/c1-5-18-13-8-11(9-15-3)6-7-12(13)19-10(2)14(17)16-4/h6-8,10,15H,5,9H2,1-4H3,(H,16,17)/p+1/t10-/m0/s1. The van der Waals surface area contributed by atoms with Gasteiger partial charge in [-0.2, -0.15) is 0 Å². The fraction of sp³-hybridized carbons (Fsp3) is 0.500. The summed E-state index contributed by atoms with van der Waals surface area (Å²) in [5.41, 5.74) is 1.16. The molecule has 1 rings (SSSR count). The average Bonchev–Trinajstić information content (AvgIpc) is 2.41. The Morgan fingerprint density at radius 2 is 2.16 bits per heavy atom. The normalized spacial score (nSPS) is 11.8. The number of amides is 1. The Morgan fingerprint density at radius 3 is 2.74 bits per heavy atom. The molecule has 0 heterocycles. The molecule has 1 aromatic rings. The third-order valence-corrected chi connectivity index (χ3v) is 2.67. The van der Waals surface area contributed by atoms with Gasteiger partial charge in [-0.3, -0.25) is 4.79 Å². The topological polar surface area (TPSA) is 64.2 Å². The minimum Gasteiger partial charge on any atom is -0.490 e. The van der Waals surface area contributed by atoms with Crippen molar-refractivity contribution in [3.05, 3.63) is 23.8 Å². The van der Waals surface area contributed by atoms with Crippen LogP contribution in [-0.4, -0.2) is 32.7 Å². The van der Waals surface area contributed by atoms with Crippen molar-refractivity contribution in [1.29, 1.82) is 0 Å². The van der Waals surface area contributed by atoms with Crippen molar-refractivity contribution < 1.29 is 19.6 Å². The van der Waals surface area contributed by atoms with Crippen LogP contribution in [0.2, 0.25) is 0 Å². The smallest absolute Gasteiger partial charge is 0.260 e. The SMILES string of the molecule is CCOc1cc(C[NH2+]C)ccc1O[C@@H](C)C(=O)NC. The predicted molar refractivity (Wildman–Crippen MR) is 73.3 cm³/mol. The van der Waals surface area contributed by atoms with Crippen LogP contribution in [-0.2, 0) is 11.3 Å². The van der Waals surface area contributed by atoms with Crippen molar-refractivity contribution in [1.82, 2.24) is 5.32 Å². The van der Waals surface area contributed by atoms with Gasteiger partial charge in [0.15, 0.2) is 17.6 Å². The van der Waals surface area contributed by atoms with Crippen molar-refractivity contribution in [2.45, 2.75) is 26.5 Å². The highest BCUT2D eigenvalue weighted by Crippen LogP contribution is 2.29. The molecule has 1 atom stereocenters. The van der Waals surface area contributed by atoms with E-state index in [4.69, 9.17) is 9.47 Å². The summed E-state index contributed by atoms with van der Waals surface area (Å²) in [5.74, 6) is 1.11. The number of rotatable bonds is 7. The number of quaternary nitrogens is 1. The van der Waals surface area contributed by atoms with E-state index >= 15 is 0 Å². The highest BCUT2D eigenvalue weighted by atomic mass is 16.5. The summed E-state index contributed by atoms with van der Waals surface area (Å²) in [7, 11) is 3.60. The zero-order chi connectivity index (χ0) is 14.3. The molecule has 0 aliphatic carbocycles. The van der Waals surface area contributed by atoms with Crippen molar-refractivity contribution in [3.8, 4) is 11.5 Å². The van der Waals surface area contributed by atoms with Crippen molar-refractivity contribution in [3.63, 3.8) is 0 Å². The molecule has 0 spiro atoms. The van der Waals surface area contributed by atoms with Crippen LogP contribution in [0.4, 0.5) is 0 Å². The molecular formula is C14H23N2O3+. The van der Waals surface area contributed by atoms with E-state index in [-0.39, 0.29) is 5.91 Å². The second-order valence-electron chi connectivity index (χ2n) is 4.20. The number of nitrogens with one attached hydrogen (secondary N) is 1. The lowest BCUT2D eigenvalue weighted by atomic mass is 10.2. The first-order chi connectivity index (χ1) is 9.12. The zero-order valence-corrected chi connectivity index (χ0v) is 12.0. The van der Waals surface area contributed by atoms with Crippen LogP contribution in [0.1, 0.15) is 19.4 Å². The molecule has 1 aromatic carbocycles. The van der Waals surface area contributed by atoms with E-state index in [0.29, 0.717) is 18.1 Å². The first-order valence-electron chi connectivity index (χ1n) is 6.54. The third kappa shape index (κ3) is 4.44. The maximum atomic E-state index is 11.5. The number of carbonyl (C=O) groups excluding carboxylic acids is 1. The Bertz CT molecular complexity index is 421. The summed E-state index contributed by atoms with van der Waals surface area (Å²) in [4.78, 5) is 11.5. The molecule has 106 valence electrons. The van der Waals surface area contributed by atoms with Gasteiger partial charge in [-0.05, 0) is 32.0 Å². The molecule has 0 aromatic heterocycles. The molecule has 3 N–H and O–H groups in total. The van der Waals surface area contributed by atoms with Crippen LogP contribution < -0.4 is 20.1 Å².